The van der Waals surface area contributed by atoms with Crippen LogP contribution in [0, 0.1) is 24.6 Å². The number of aryl methyl sites for hydroxylation is 1. The van der Waals surface area contributed by atoms with Crippen molar-refractivity contribution in [2.45, 2.75) is 61.9 Å². The summed E-state index contributed by atoms with van der Waals surface area (Å²) < 4.78 is 47.9. The summed E-state index contributed by atoms with van der Waals surface area (Å²) in [7, 11) is -1.10. The highest BCUT2D eigenvalue weighted by Gasteiger charge is 2.53. The molecule has 1 aliphatic carbocycles. The summed E-state index contributed by atoms with van der Waals surface area (Å²) in [5, 5.41) is 3.10. The number of likely N-dealkylation sites (tertiary alicyclic amines) is 1. The van der Waals surface area contributed by atoms with Crippen LogP contribution in [0.5, 0.6) is 0 Å². The van der Waals surface area contributed by atoms with Gasteiger partial charge in [0, 0.05) is 37.9 Å². The lowest BCUT2D eigenvalue weighted by molar-refractivity contribution is 0.0518. The fourth-order valence-corrected chi connectivity index (χ4v) is 9.35. The lowest BCUT2D eigenvalue weighted by atomic mass is 9.64. The van der Waals surface area contributed by atoms with E-state index in [0.29, 0.717) is 6.42 Å². The van der Waals surface area contributed by atoms with Gasteiger partial charge >= 0.3 is 6.09 Å². The number of sulfonamides is 1. The van der Waals surface area contributed by atoms with E-state index in [1.165, 1.54) is 26.3 Å². The average Bonchev–Trinajstić information content (AvgIpc) is 3.73. The van der Waals surface area contributed by atoms with Crippen molar-refractivity contribution in [1.29, 1.82) is 0 Å². The first kappa shape index (κ1) is 31.2. The third-order valence-corrected chi connectivity index (χ3v) is 12.0. The van der Waals surface area contributed by atoms with Gasteiger partial charge in [-0.25, -0.2) is 26.9 Å². The zero-order valence-corrected chi connectivity index (χ0v) is 26.7. The minimum Gasteiger partial charge on any atom is -0.453 e. The summed E-state index contributed by atoms with van der Waals surface area (Å²) >= 11 is 0. The Morgan fingerprint density at radius 3 is 2.60 bits per heavy atom. The summed E-state index contributed by atoms with van der Waals surface area (Å²) in [6.45, 7) is 4.37. The third-order valence-electron chi connectivity index (χ3n) is 10.2. The van der Waals surface area contributed by atoms with Gasteiger partial charge in [0.25, 0.3) is 15.9 Å². The van der Waals surface area contributed by atoms with Gasteiger partial charge in [-0.05, 0) is 93.4 Å². The first-order chi connectivity index (χ1) is 21.6. The summed E-state index contributed by atoms with van der Waals surface area (Å²) in [6.07, 6.45) is 8.31. The number of alkyl carbamates (subject to hydrolysis) is 1. The number of amides is 2. The second-order valence-electron chi connectivity index (χ2n) is 12.4. The molecule has 3 atom stereocenters. The van der Waals surface area contributed by atoms with Crippen LogP contribution in [-0.2, 0) is 26.7 Å². The molecule has 2 amide bonds. The molecule has 1 saturated carbocycles. The quantitative estimate of drug-likeness (QED) is 0.391. The van der Waals surface area contributed by atoms with Crippen LogP contribution in [-0.4, -0.2) is 79.0 Å². The van der Waals surface area contributed by atoms with Gasteiger partial charge in [-0.2, -0.15) is 0 Å². The van der Waals surface area contributed by atoms with Crippen LogP contribution in [0.1, 0.15) is 59.4 Å². The van der Waals surface area contributed by atoms with Crippen LogP contribution in [0.25, 0.3) is 0 Å². The van der Waals surface area contributed by atoms with E-state index in [1.54, 1.807) is 30.5 Å². The van der Waals surface area contributed by atoms with Gasteiger partial charge in [0.1, 0.15) is 16.5 Å². The van der Waals surface area contributed by atoms with Crippen molar-refractivity contribution < 1.29 is 27.1 Å². The number of ether oxygens (including phenoxy) is 1. The number of rotatable bonds is 8. The number of hydrogen-bond acceptors (Lipinski definition) is 7. The molecule has 10 nitrogen and oxygen atoms in total. The molecule has 45 heavy (non-hydrogen) atoms. The number of imidazole rings is 1. The van der Waals surface area contributed by atoms with E-state index in [0.717, 1.165) is 73.0 Å². The van der Waals surface area contributed by atoms with Gasteiger partial charge in [0.2, 0.25) is 0 Å². The summed E-state index contributed by atoms with van der Waals surface area (Å²) in [5.74, 6) is 0.162. The Balaban J connectivity index is 1.27. The maximum absolute atomic E-state index is 15.0. The van der Waals surface area contributed by atoms with Gasteiger partial charge in [-0.1, -0.05) is 24.6 Å². The van der Waals surface area contributed by atoms with E-state index < -0.39 is 27.6 Å². The highest BCUT2D eigenvalue weighted by Crippen LogP contribution is 2.52. The van der Waals surface area contributed by atoms with Crippen molar-refractivity contribution in [1.82, 2.24) is 24.1 Å². The molecule has 0 bridgehead atoms. The number of methoxy groups -OCH3 is 1. The highest BCUT2D eigenvalue weighted by molar-refractivity contribution is 7.90. The molecule has 0 radical (unpaired) electrons. The number of hydrogen-bond donors (Lipinski definition) is 1. The van der Waals surface area contributed by atoms with Crippen molar-refractivity contribution in [3.05, 3.63) is 83.2 Å². The van der Waals surface area contributed by atoms with Crippen LogP contribution in [0.3, 0.4) is 0 Å². The fraction of sp³-hybridized carbons (Fsp3) is 0.485. The average molecular weight is 638 g/mol. The Morgan fingerprint density at radius 1 is 1.13 bits per heavy atom. The zero-order chi connectivity index (χ0) is 31.9. The van der Waals surface area contributed by atoms with Gasteiger partial charge < -0.3 is 19.5 Å². The standard InChI is InChI=1S/C33H40FN5O5S/c1-22-35-15-19-39(22)33(25-6-4-7-26(34)21-25,28-8-5-9-29(28)36-32(41)44-3)24-13-17-38(18-14-24)16-12-23-10-11-30-27(20-23)31(40)37(2)45(30,42)43/h4,6-7,10-11,15,19-21,24,28-29H,5,8-9,12-14,16-18H2,1-3H3,(H,36,41)/t28-,29-,33?/m0/s1. The zero-order valence-electron chi connectivity index (χ0n) is 25.9. The Morgan fingerprint density at radius 2 is 1.91 bits per heavy atom. The molecular weight excluding hydrogens is 597 g/mol. The van der Waals surface area contributed by atoms with Crippen molar-refractivity contribution in [2.75, 3.05) is 33.8 Å². The maximum Gasteiger partial charge on any atom is 0.407 e. The molecule has 3 aromatic rings. The van der Waals surface area contributed by atoms with Crippen molar-refractivity contribution in [3.8, 4) is 0 Å². The van der Waals surface area contributed by atoms with E-state index in [2.05, 4.69) is 19.8 Å². The number of aromatic nitrogens is 2. The SMILES string of the molecule is COC(=O)N[C@H]1CCC[C@@H]1C(c1cccc(F)c1)(C1CCN(CCc2ccc3c(c2)C(=O)N(C)S3(=O)=O)CC1)n1ccnc1C. The topological polar surface area (TPSA) is 114 Å². The first-order valence-corrected chi connectivity index (χ1v) is 17.0. The number of benzene rings is 2. The number of nitrogens with one attached hydrogen (secondary N) is 1. The van der Waals surface area contributed by atoms with Crippen LogP contribution in [0.2, 0.25) is 0 Å². The number of piperidine rings is 1. The predicted molar refractivity (Wildman–Crippen MR) is 166 cm³/mol. The molecule has 2 fully saturated rings. The van der Waals surface area contributed by atoms with Gasteiger partial charge in [-0.3, -0.25) is 4.79 Å². The van der Waals surface area contributed by atoms with E-state index in [1.807, 2.05) is 19.2 Å². The normalized spacial score (nSPS) is 23.1. The molecule has 2 aromatic carbocycles. The molecule has 1 aromatic heterocycles. The lowest BCUT2D eigenvalue weighted by Crippen LogP contribution is -2.57. The van der Waals surface area contributed by atoms with E-state index in [9.17, 15) is 22.4 Å². The Hall–Kier alpha value is -3.77. The lowest BCUT2D eigenvalue weighted by Gasteiger charge is -2.51. The third kappa shape index (κ3) is 5.41. The molecule has 2 aliphatic heterocycles. The minimum absolute atomic E-state index is 0.0128. The Kier molecular flexibility index (Phi) is 8.47. The van der Waals surface area contributed by atoms with Gasteiger partial charge in [0.15, 0.2) is 0 Å². The molecule has 1 saturated heterocycles. The fourth-order valence-electron chi connectivity index (χ4n) is 8.08. The molecule has 12 heteroatoms. The van der Waals surface area contributed by atoms with Crippen LogP contribution in [0.4, 0.5) is 9.18 Å². The Bertz CT molecular complexity index is 1700. The molecule has 1 N–H and O–H groups in total. The van der Waals surface area contributed by atoms with Crippen molar-refractivity contribution in [3.63, 3.8) is 0 Å². The smallest absolute Gasteiger partial charge is 0.407 e. The Labute approximate surface area is 263 Å². The van der Waals surface area contributed by atoms with Gasteiger partial charge in [-0.15, -0.1) is 0 Å². The second kappa shape index (κ2) is 12.2. The predicted octanol–water partition coefficient (Wildman–Crippen LogP) is 4.33. The number of carbonyl (C=O) groups is 2. The number of fused-ring (bicyclic) bond motifs is 1. The summed E-state index contributed by atoms with van der Waals surface area (Å²) in [5.41, 5.74) is 1.39. The van der Waals surface area contributed by atoms with Gasteiger partial charge in [0.05, 0.1) is 18.2 Å². The van der Waals surface area contributed by atoms with E-state index in [-0.39, 0.29) is 34.2 Å². The molecule has 6 rings (SSSR count). The molecule has 240 valence electrons. The molecule has 3 aliphatic rings. The number of carbonyl (C=O) groups excluding carboxylic acids is 2. The molecule has 0 spiro atoms. The molecular formula is C33H40FN5O5S. The summed E-state index contributed by atoms with van der Waals surface area (Å²) in [6, 6.07) is 11.8. The summed E-state index contributed by atoms with van der Waals surface area (Å²) in [4.78, 5) is 32.1. The van der Waals surface area contributed by atoms with Crippen molar-refractivity contribution >= 4 is 22.0 Å². The van der Waals surface area contributed by atoms with Crippen LogP contribution in [0.15, 0.2) is 59.8 Å². The van der Waals surface area contributed by atoms with E-state index >= 15 is 0 Å². The largest absolute Gasteiger partial charge is 0.453 e. The maximum atomic E-state index is 15.0. The van der Waals surface area contributed by atoms with Crippen LogP contribution < -0.4 is 5.32 Å². The minimum atomic E-state index is -3.76. The molecule has 1 unspecified atom stereocenters. The monoisotopic (exact) mass is 637 g/mol. The number of nitrogens with zero attached hydrogens (tertiary/aromatic N) is 4. The van der Waals surface area contributed by atoms with Crippen LogP contribution >= 0.6 is 0 Å². The number of halogens is 1. The van der Waals surface area contributed by atoms with E-state index in [4.69, 9.17) is 4.74 Å². The van der Waals surface area contributed by atoms with Crippen molar-refractivity contribution in [2.24, 2.45) is 11.8 Å². The first-order valence-electron chi connectivity index (χ1n) is 15.6. The highest BCUT2D eigenvalue weighted by atomic mass is 32.2. The molecule has 3 heterocycles. The second-order valence-corrected chi connectivity index (χ2v) is 14.4.